The molecular formula is C31H28N2O6S2. The van der Waals surface area contributed by atoms with E-state index in [0.717, 1.165) is 41.0 Å². The van der Waals surface area contributed by atoms with Crippen molar-refractivity contribution in [2.45, 2.75) is 42.8 Å². The van der Waals surface area contributed by atoms with E-state index in [1.165, 1.54) is 36.3 Å². The SMILES string of the molecule is COC(=O)c1c(NC(=O)C(C)Sc2cccc(NC(=O)c3cccc4cccc(C(=O)O)c34)c2)sc2c1CCCC2. The Labute approximate surface area is 245 Å². The molecule has 0 spiro atoms. The number of methoxy groups -OCH3 is 1. The average molecular weight is 589 g/mol. The number of nitrogens with one attached hydrogen (secondary N) is 2. The van der Waals surface area contributed by atoms with E-state index in [4.69, 9.17) is 4.74 Å². The molecule has 1 aromatic heterocycles. The molecule has 8 nitrogen and oxygen atoms in total. The maximum Gasteiger partial charge on any atom is 0.341 e. The molecule has 1 aliphatic rings. The van der Waals surface area contributed by atoms with E-state index in [2.05, 4.69) is 10.6 Å². The first-order valence-corrected chi connectivity index (χ1v) is 14.8. The lowest BCUT2D eigenvalue weighted by Crippen LogP contribution is -2.23. The van der Waals surface area contributed by atoms with Gasteiger partial charge in [0.1, 0.15) is 5.00 Å². The molecule has 3 N–H and O–H groups in total. The Bertz CT molecular complexity index is 1670. The Balaban J connectivity index is 1.31. The maximum absolute atomic E-state index is 13.2. The van der Waals surface area contributed by atoms with E-state index in [1.54, 1.807) is 55.5 Å². The van der Waals surface area contributed by atoms with Crippen molar-refractivity contribution in [2.24, 2.45) is 0 Å². The van der Waals surface area contributed by atoms with Gasteiger partial charge in [-0.15, -0.1) is 23.1 Å². The van der Waals surface area contributed by atoms with Gasteiger partial charge >= 0.3 is 11.9 Å². The molecule has 0 fully saturated rings. The van der Waals surface area contributed by atoms with E-state index < -0.39 is 23.1 Å². The van der Waals surface area contributed by atoms with Crippen LogP contribution in [0.4, 0.5) is 10.7 Å². The van der Waals surface area contributed by atoms with Gasteiger partial charge in [-0.2, -0.15) is 0 Å². The zero-order chi connectivity index (χ0) is 29.1. The summed E-state index contributed by atoms with van der Waals surface area (Å²) in [4.78, 5) is 52.6. The Kier molecular flexibility index (Phi) is 8.41. The van der Waals surface area contributed by atoms with Crippen LogP contribution in [0.2, 0.25) is 0 Å². The molecule has 1 atom stereocenters. The molecule has 41 heavy (non-hydrogen) atoms. The molecule has 5 rings (SSSR count). The molecule has 210 valence electrons. The molecule has 0 saturated heterocycles. The number of benzene rings is 3. The van der Waals surface area contributed by atoms with Crippen molar-refractivity contribution < 1.29 is 29.0 Å². The predicted octanol–water partition coefficient (Wildman–Crippen LogP) is 6.64. The van der Waals surface area contributed by atoms with Gasteiger partial charge in [0.25, 0.3) is 5.91 Å². The summed E-state index contributed by atoms with van der Waals surface area (Å²) in [5, 5.41) is 16.5. The van der Waals surface area contributed by atoms with E-state index >= 15 is 0 Å². The number of amides is 2. The molecule has 10 heteroatoms. The number of hydrogen-bond donors (Lipinski definition) is 3. The predicted molar refractivity (Wildman–Crippen MR) is 162 cm³/mol. The number of thioether (sulfide) groups is 1. The normalized spacial score (nSPS) is 13.2. The second kappa shape index (κ2) is 12.2. The van der Waals surface area contributed by atoms with Gasteiger partial charge in [0.15, 0.2) is 0 Å². The van der Waals surface area contributed by atoms with E-state index in [0.29, 0.717) is 27.0 Å². The number of aromatic carboxylic acids is 1. The fourth-order valence-electron chi connectivity index (χ4n) is 5.00. The van der Waals surface area contributed by atoms with Crippen molar-refractivity contribution in [3.63, 3.8) is 0 Å². The first kappa shape index (κ1) is 28.4. The molecule has 1 unspecified atom stereocenters. The Hall–Kier alpha value is -4.15. The van der Waals surface area contributed by atoms with E-state index in [9.17, 15) is 24.3 Å². The topological polar surface area (TPSA) is 122 Å². The highest BCUT2D eigenvalue weighted by atomic mass is 32.2. The van der Waals surface area contributed by atoms with Gasteiger partial charge in [-0.05, 0) is 73.9 Å². The number of carboxylic acid groups (broad SMARTS) is 1. The first-order valence-electron chi connectivity index (χ1n) is 13.1. The number of esters is 1. The number of aryl methyl sites for hydroxylation is 1. The zero-order valence-corrected chi connectivity index (χ0v) is 24.1. The average Bonchev–Trinajstić information content (AvgIpc) is 3.33. The maximum atomic E-state index is 13.2. The van der Waals surface area contributed by atoms with Crippen LogP contribution in [0.25, 0.3) is 10.8 Å². The number of ether oxygens (including phenoxy) is 1. The van der Waals surface area contributed by atoms with Gasteiger partial charge in [0.05, 0.1) is 23.5 Å². The molecule has 0 aliphatic heterocycles. The second-order valence-electron chi connectivity index (χ2n) is 9.65. The smallest absolute Gasteiger partial charge is 0.341 e. The van der Waals surface area contributed by atoms with Crippen LogP contribution < -0.4 is 10.6 Å². The lowest BCUT2D eigenvalue weighted by molar-refractivity contribution is -0.115. The van der Waals surface area contributed by atoms with Crippen molar-refractivity contribution in [3.8, 4) is 0 Å². The zero-order valence-electron chi connectivity index (χ0n) is 22.5. The molecule has 3 aromatic carbocycles. The van der Waals surface area contributed by atoms with Gasteiger partial charge in [-0.25, -0.2) is 9.59 Å². The fourth-order valence-corrected chi connectivity index (χ4v) is 7.20. The first-order chi connectivity index (χ1) is 19.8. The van der Waals surface area contributed by atoms with Crippen molar-refractivity contribution >= 4 is 68.3 Å². The molecule has 2 amide bonds. The molecule has 0 bridgehead atoms. The van der Waals surface area contributed by atoms with Crippen LogP contribution in [-0.2, 0) is 22.4 Å². The number of anilines is 2. The van der Waals surface area contributed by atoms with Crippen molar-refractivity contribution in [1.29, 1.82) is 0 Å². The quantitative estimate of drug-likeness (QED) is 0.156. The van der Waals surface area contributed by atoms with Crippen LogP contribution in [0.5, 0.6) is 0 Å². The molecule has 4 aromatic rings. The van der Waals surface area contributed by atoms with Crippen LogP contribution in [0, 0.1) is 0 Å². The highest BCUT2D eigenvalue weighted by Gasteiger charge is 2.28. The Morgan fingerprint density at radius 3 is 2.39 bits per heavy atom. The third-order valence-corrected chi connectivity index (χ3v) is 9.25. The molecule has 1 heterocycles. The van der Waals surface area contributed by atoms with Gasteiger partial charge in [0.2, 0.25) is 5.91 Å². The van der Waals surface area contributed by atoms with E-state index in [1.807, 2.05) is 6.07 Å². The molecule has 1 aliphatic carbocycles. The number of carboxylic acids is 1. The highest BCUT2D eigenvalue weighted by Crippen LogP contribution is 2.39. The number of carbonyl (C=O) groups excluding carboxylic acids is 3. The number of rotatable bonds is 8. The third-order valence-electron chi connectivity index (χ3n) is 6.95. The third kappa shape index (κ3) is 5.98. The standard InChI is InChI=1S/C31H28N2O6S2/c1-17(27(34)33-29-26(31(38)39-2)21-12-3-4-15-24(21)41-29)40-20-11-7-10-19(16-20)32-28(35)22-13-5-8-18-9-6-14-23(25(18)22)30(36)37/h5-11,13-14,16-17H,3-4,12,15H2,1-2H3,(H,32,35)(H,33,34)(H,36,37). The molecule has 0 saturated carbocycles. The fraction of sp³-hybridized carbons (Fsp3) is 0.226. The van der Waals surface area contributed by atoms with Crippen LogP contribution in [-0.4, -0.2) is 41.2 Å². The summed E-state index contributed by atoms with van der Waals surface area (Å²) >= 11 is 2.76. The summed E-state index contributed by atoms with van der Waals surface area (Å²) in [7, 11) is 1.34. The number of hydrogen-bond acceptors (Lipinski definition) is 7. The summed E-state index contributed by atoms with van der Waals surface area (Å²) in [5.41, 5.74) is 2.26. The van der Waals surface area contributed by atoms with Crippen LogP contribution in [0.3, 0.4) is 0 Å². The number of fused-ring (bicyclic) bond motifs is 2. The lowest BCUT2D eigenvalue weighted by Gasteiger charge is -2.14. The van der Waals surface area contributed by atoms with E-state index in [-0.39, 0.29) is 17.0 Å². The molecule has 0 radical (unpaired) electrons. The summed E-state index contributed by atoms with van der Waals surface area (Å²) in [6.45, 7) is 1.78. The highest BCUT2D eigenvalue weighted by molar-refractivity contribution is 8.00. The summed E-state index contributed by atoms with van der Waals surface area (Å²) in [6, 6.07) is 17.1. The molecular weight excluding hydrogens is 560 g/mol. The number of thiophene rings is 1. The monoisotopic (exact) mass is 588 g/mol. The van der Waals surface area contributed by atoms with Crippen molar-refractivity contribution in [1.82, 2.24) is 0 Å². The Morgan fingerprint density at radius 1 is 0.951 bits per heavy atom. The minimum absolute atomic E-state index is 0.0549. The van der Waals surface area contributed by atoms with Crippen molar-refractivity contribution in [3.05, 3.63) is 87.8 Å². The van der Waals surface area contributed by atoms with Gasteiger partial charge in [0, 0.05) is 26.4 Å². The second-order valence-corrected chi connectivity index (χ2v) is 12.2. The minimum atomic E-state index is -1.11. The number of carbonyl (C=O) groups is 4. The van der Waals surface area contributed by atoms with Crippen LogP contribution >= 0.6 is 23.1 Å². The van der Waals surface area contributed by atoms with Crippen molar-refractivity contribution in [2.75, 3.05) is 17.7 Å². The van der Waals surface area contributed by atoms with Gasteiger partial charge in [-0.3, -0.25) is 9.59 Å². The minimum Gasteiger partial charge on any atom is -0.478 e. The van der Waals surface area contributed by atoms with Crippen LogP contribution in [0.1, 0.15) is 61.3 Å². The lowest BCUT2D eigenvalue weighted by atomic mass is 9.95. The van der Waals surface area contributed by atoms with Gasteiger partial charge < -0.3 is 20.5 Å². The Morgan fingerprint density at radius 2 is 1.66 bits per heavy atom. The summed E-state index contributed by atoms with van der Waals surface area (Å²) in [5.74, 6) is -2.23. The van der Waals surface area contributed by atoms with Crippen LogP contribution in [0.15, 0.2) is 65.6 Å². The van der Waals surface area contributed by atoms with Gasteiger partial charge in [-0.1, -0.05) is 30.3 Å². The summed E-state index contributed by atoms with van der Waals surface area (Å²) in [6.07, 6.45) is 3.74. The largest absolute Gasteiger partial charge is 0.478 e. The summed E-state index contributed by atoms with van der Waals surface area (Å²) < 4.78 is 5.01.